The largest absolute Gasteiger partial charge is 0.503 e. The molecule has 1 unspecified atom stereocenters. The van der Waals surface area contributed by atoms with Crippen molar-refractivity contribution in [1.82, 2.24) is 9.47 Å². The highest BCUT2D eigenvalue weighted by molar-refractivity contribution is 5.20. The Morgan fingerprint density at radius 3 is 2.87 bits per heavy atom. The average molecular weight is 322 g/mol. The van der Waals surface area contributed by atoms with E-state index in [1.54, 1.807) is 12.3 Å². The van der Waals surface area contributed by atoms with Gasteiger partial charge in [-0.2, -0.15) is 0 Å². The molecule has 0 bridgehead atoms. The first-order valence-electron chi connectivity index (χ1n) is 8.75. The summed E-state index contributed by atoms with van der Waals surface area (Å²) in [6, 6.07) is 2.13. The number of hydrogen-bond acceptors (Lipinski definition) is 4. The second kappa shape index (κ2) is 8.50. The van der Waals surface area contributed by atoms with Gasteiger partial charge < -0.3 is 14.4 Å². The van der Waals surface area contributed by atoms with Gasteiger partial charge in [-0.3, -0.25) is 9.69 Å². The molecule has 0 spiro atoms. The number of aromatic nitrogens is 1. The van der Waals surface area contributed by atoms with Crippen LogP contribution in [0.5, 0.6) is 5.75 Å². The summed E-state index contributed by atoms with van der Waals surface area (Å²) in [5.41, 5.74) is 0.686. The van der Waals surface area contributed by atoms with Gasteiger partial charge in [0.1, 0.15) is 0 Å². The van der Waals surface area contributed by atoms with Crippen molar-refractivity contribution in [3.05, 3.63) is 28.2 Å². The van der Waals surface area contributed by atoms with Crippen LogP contribution < -0.4 is 5.43 Å². The lowest BCUT2D eigenvalue weighted by molar-refractivity contribution is 0.0744. The molecular weight excluding hydrogens is 292 g/mol. The molecule has 0 aromatic carbocycles. The van der Waals surface area contributed by atoms with E-state index in [4.69, 9.17) is 4.74 Å². The molecule has 1 saturated heterocycles. The Bertz CT molecular complexity index is 554. The van der Waals surface area contributed by atoms with E-state index in [1.807, 2.05) is 18.4 Å². The van der Waals surface area contributed by atoms with Crippen LogP contribution in [0.3, 0.4) is 0 Å². The molecule has 0 aliphatic carbocycles. The maximum absolute atomic E-state index is 11.8. The third-order valence-corrected chi connectivity index (χ3v) is 4.50. The van der Waals surface area contributed by atoms with Gasteiger partial charge in [0, 0.05) is 37.5 Å². The molecule has 5 nitrogen and oxygen atoms in total. The summed E-state index contributed by atoms with van der Waals surface area (Å²) in [5, 5.41) is 9.75. The molecule has 5 heteroatoms. The molecule has 2 heterocycles. The highest BCUT2D eigenvalue weighted by Gasteiger charge is 2.19. The molecule has 23 heavy (non-hydrogen) atoms. The van der Waals surface area contributed by atoms with E-state index >= 15 is 0 Å². The SMILES string of the molecule is CC(C)OCCCn1cc(O)c(=O)cc1CN1CCCCC1C. The van der Waals surface area contributed by atoms with Crippen LogP contribution in [0.4, 0.5) is 0 Å². The lowest BCUT2D eigenvalue weighted by Crippen LogP contribution is -2.37. The molecule has 2 rings (SSSR count). The Kier molecular flexibility index (Phi) is 6.66. The third-order valence-electron chi connectivity index (χ3n) is 4.50. The van der Waals surface area contributed by atoms with Crippen molar-refractivity contribution < 1.29 is 9.84 Å². The quantitative estimate of drug-likeness (QED) is 0.784. The molecule has 1 aliphatic heterocycles. The number of aryl methyl sites for hydroxylation is 1. The minimum absolute atomic E-state index is 0.176. The van der Waals surface area contributed by atoms with Crippen molar-refractivity contribution >= 4 is 0 Å². The van der Waals surface area contributed by atoms with Crippen molar-refractivity contribution in [3.63, 3.8) is 0 Å². The number of aromatic hydroxyl groups is 1. The van der Waals surface area contributed by atoms with Gasteiger partial charge >= 0.3 is 0 Å². The predicted molar refractivity (Wildman–Crippen MR) is 91.8 cm³/mol. The zero-order valence-electron chi connectivity index (χ0n) is 14.6. The van der Waals surface area contributed by atoms with E-state index in [0.717, 1.165) is 31.7 Å². The van der Waals surface area contributed by atoms with Crippen molar-refractivity contribution in [1.29, 1.82) is 0 Å². The molecule has 0 radical (unpaired) electrons. The molecular formula is C18H30N2O3. The second-order valence-electron chi connectivity index (χ2n) is 6.80. The first-order chi connectivity index (χ1) is 11.0. The highest BCUT2D eigenvalue weighted by Crippen LogP contribution is 2.19. The van der Waals surface area contributed by atoms with E-state index < -0.39 is 0 Å². The fourth-order valence-corrected chi connectivity index (χ4v) is 3.10. The predicted octanol–water partition coefficient (Wildman–Crippen LogP) is 2.74. The Morgan fingerprint density at radius 2 is 2.17 bits per heavy atom. The Hall–Kier alpha value is -1.33. The molecule has 1 aromatic rings. The van der Waals surface area contributed by atoms with E-state index in [-0.39, 0.29) is 17.3 Å². The maximum atomic E-state index is 11.8. The average Bonchev–Trinajstić information content (AvgIpc) is 2.50. The van der Waals surface area contributed by atoms with Gasteiger partial charge in [0.05, 0.1) is 12.3 Å². The summed E-state index contributed by atoms with van der Waals surface area (Å²) < 4.78 is 7.58. The lowest BCUT2D eigenvalue weighted by Gasteiger charge is -2.34. The van der Waals surface area contributed by atoms with Crippen LogP contribution in [0.15, 0.2) is 17.1 Å². The highest BCUT2D eigenvalue weighted by atomic mass is 16.5. The molecule has 0 amide bonds. The van der Waals surface area contributed by atoms with Crippen LogP contribution in [0.1, 0.15) is 52.1 Å². The van der Waals surface area contributed by atoms with Crippen molar-refractivity contribution in [2.24, 2.45) is 0 Å². The van der Waals surface area contributed by atoms with Crippen molar-refractivity contribution in [2.45, 2.75) is 71.7 Å². The summed E-state index contributed by atoms with van der Waals surface area (Å²) in [5.74, 6) is -0.176. The molecule has 130 valence electrons. The van der Waals surface area contributed by atoms with Crippen LogP contribution in [-0.4, -0.2) is 39.9 Å². The Labute approximate surface area is 138 Å². The summed E-state index contributed by atoms with van der Waals surface area (Å²) >= 11 is 0. The number of nitrogens with zero attached hydrogens (tertiary/aromatic N) is 2. The Morgan fingerprint density at radius 1 is 1.39 bits per heavy atom. The topological polar surface area (TPSA) is 54.7 Å². The van der Waals surface area contributed by atoms with Crippen LogP contribution >= 0.6 is 0 Å². The van der Waals surface area contributed by atoms with Gasteiger partial charge in [-0.05, 0) is 46.6 Å². The zero-order valence-corrected chi connectivity index (χ0v) is 14.6. The van der Waals surface area contributed by atoms with Gasteiger partial charge in [-0.1, -0.05) is 6.42 Å². The molecule has 1 N–H and O–H groups in total. The van der Waals surface area contributed by atoms with E-state index in [9.17, 15) is 9.90 Å². The van der Waals surface area contributed by atoms with Crippen LogP contribution in [0, 0.1) is 0 Å². The zero-order chi connectivity index (χ0) is 16.8. The Balaban J connectivity index is 2.06. The summed E-state index contributed by atoms with van der Waals surface area (Å²) in [6.07, 6.45) is 6.38. The number of pyridine rings is 1. The fraction of sp³-hybridized carbons (Fsp3) is 0.722. The molecule has 1 aliphatic rings. The monoisotopic (exact) mass is 322 g/mol. The van der Waals surface area contributed by atoms with Gasteiger partial charge in [-0.25, -0.2) is 0 Å². The minimum atomic E-state index is -0.292. The van der Waals surface area contributed by atoms with Gasteiger partial charge in [0.15, 0.2) is 5.75 Å². The number of rotatable bonds is 7. The molecule has 1 atom stereocenters. The number of ether oxygens (including phenoxy) is 1. The number of piperidine rings is 1. The lowest BCUT2D eigenvalue weighted by atomic mass is 10.0. The normalized spacial score (nSPS) is 19.4. The smallest absolute Gasteiger partial charge is 0.223 e. The number of likely N-dealkylation sites (tertiary alicyclic amines) is 1. The summed E-state index contributed by atoms with van der Waals surface area (Å²) in [6.45, 7) is 9.57. The van der Waals surface area contributed by atoms with E-state index in [1.165, 1.54) is 19.3 Å². The fourth-order valence-electron chi connectivity index (χ4n) is 3.10. The molecule has 0 saturated carbocycles. The summed E-state index contributed by atoms with van der Waals surface area (Å²) in [7, 11) is 0. The standard InChI is InChI=1S/C18H30N2O3/c1-14(2)23-10-6-9-20-13-18(22)17(21)11-16(20)12-19-8-5-4-7-15(19)3/h11,13-15,22H,4-10,12H2,1-3H3. The van der Waals surface area contributed by atoms with Gasteiger partial charge in [0.2, 0.25) is 5.43 Å². The number of hydrogen-bond donors (Lipinski definition) is 1. The van der Waals surface area contributed by atoms with Gasteiger partial charge in [-0.15, -0.1) is 0 Å². The first kappa shape index (κ1) is 18.0. The summed E-state index contributed by atoms with van der Waals surface area (Å²) in [4.78, 5) is 14.3. The van der Waals surface area contributed by atoms with Crippen LogP contribution in [0.25, 0.3) is 0 Å². The van der Waals surface area contributed by atoms with Gasteiger partial charge in [0.25, 0.3) is 0 Å². The second-order valence-corrected chi connectivity index (χ2v) is 6.80. The van der Waals surface area contributed by atoms with Crippen LogP contribution in [-0.2, 0) is 17.8 Å². The van der Waals surface area contributed by atoms with E-state index in [0.29, 0.717) is 12.6 Å². The van der Waals surface area contributed by atoms with E-state index in [2.05, 4.69) is 11.8 Å². The third kappa shape index (κ3) is 5.36. The van der Waals surface area contributed by atoms with Crippen molar-refractivity contribution in [2.75, 3.05) is 13.2 Å². The first-order valence-corrected chi connectivity index (χ1v) is 8.75. The molecule has 1 aromatic heterocycles. The van der Waals surface area contributed by atoms with Crippen LogP contribution in [0.2, 0.25) is 0 Å². The molecule has 1 fully saturated rings. The van der Waals surface area contributed by atoms with Crippen molar-refractivity contribution in [3.8, 4) is 5.75 Å². The minimum Gasteiger partial charge on any atom is -0.503 e. The maximum Gasteiger partial charge on any atom is 0.223 e.